The molecule has 1 fully saturated rings. The van der Waals surface area contributed by atoms with Gasteiger partial charge in [0.2, 0.25) is 10.0 Å². The van der Waals surface area contributed by atoms with E-state index in [1.807, 2.05) is 0 Å². The molecule has 18 heavy (non-hydrogen) atoms. The first kappa shape index (κ1) is 13.0. The van der Waals surface area contributed by atoms with E-state index in [2.05, 4.69) is 15.0 Å². The molecule has 8 heteroatoms. The number of rotatable bonds is 3. The lowest BCUT2D eigenvalue weighted by atomic mass is 10.1. The fourth-order valence-electron chi connectivity index (χ4n) is 1.95. The first-order valence-electron chi connectivity index (χ1n) is 5.63. The molecule has 1 aromatic heterocycles. The Morgan fingerprint density at radius 1 is 1.61 bits per heavy atom. The highest BCUT2D eigenvalue weighted by Gasteiger charge is 2.27. The van der Waals surface area contributed by atoms with E-state index in [0.717, 1.165) is 12.8 Å². The molecule has 2 heterocycles. The van der Waals surface area contributed by atoms with Crippen molar-refractivity contribution < 1.29 is 17.7 Å². The Morgan fingerprint density at radius 2 is 2.39 bits per heavy atom. The Kier molecular flexibility index (Phi) is 3.67. The predicted molar refractivity (Wildman–Crippen MR) is 63.4 cm³/mol. The number of piperidine rings is 1. The maximum atomic E-state index is 11.7. The van der Waals surface area contributed by atoms with Gasteiger partial charge in [-0.1, -0.05) is 5.16 Å². The number of amides is 1. The quantitative estimate of drug-likeness (QED) is 0.825. The number of nitrogens with one attached hydrogen (secondary N) is 1. The van der Waals surface area contributed by atoms with Gasteiger partial charge in [-0.15, -0.1) is 0 Å². The van der Waals surface area contributed by atoms with Crippen molar-refractivity contribution in [1.29, 1.82) is 0 Å². The molecule has 7 nitrogen and oxygen atoms in total. The van der Waals surface area contributed by atoms with Crippen molar-refractivity contribution in [2.45, 2.75) is 18.9 Å². The number of hydrogen-bond donors (Lipinski definition) is 1. The van der Waals surface area contributed by atoms with Gasteiger partial charge in [-0.3, -0.25) is 4.79 Å². The Bertz CT molecular complexity index is 511. The second-order valence-electron chi connectivity index (χ2n) is 4.32. The van der Waals surface area contributed by atoms with Crippen LogP contribution in [0.5, 0.6) is 0 Å². The minimum Gasteiger partial charge on any atom is -0.364 e. The number of hydrogen-bond acceptors (Lipinski definition) is 5. The molecule has 0 saturated carbocycles. The second kappa shape index (κ2) is 5.07. The fourth-order valence-corrected chi connectivity index (χ4v) is 2.86. The average molecular weight is 273 g/mol. The molecule has 0 bridgehead atoms. The van der Waals surface area contributed by atoms with E-state index in [9.17, 15) is 13.2 Å². The van der Waals surface area contributed by atoms with Crippen LogP contribution >= 0.6 is 0 Å². The molecule has 1 unspecified atom stereocenters. The van der Waals surface area contributed by atoms with Gasteiger partial charge in [0.15, 0.2) is 5.69 Å². The summed E-state index contributed by atoms with van der Waals surface area (Å²) in [6.07, 6.45) is 3.99. The third kappa shape index (κ3) is 3.08. The highest BCUT2D eigenvalue weighted by atomic mass is 32.2. The van der Waals surface area contributed by atoms with Gasteiger partial charge in [0.05, 0.1) is 6.26 Å². The molecule has 0 aromatic carbocycles. The highest BCUT2D eigenvalue weighted by molar-refractivity contribution is 7.88. The average Bonchev–Trinajstić information content (AvgIpc) is 2.81. The van der Waals surface area contributed by atoms with Crippen molar-refractivity contribution in [3.05, 3.63) is 18.0 Å². The lowest BCUT2D eigenvalue weighted by molar-refractivity contribution is 0.0912. The van der Waals surface area contributed by atoms with Gasteiger partial charge in [-0.05, 0) is 12.8 Å². The zero-order chi connectivity index (χ0) is 13.2. The Hall–Kier alpha value is -1.41. The van der Waals surface area contributed by atoms with E-state index >= 15 is 0 Å². The van der Waals surface area contributed by atoms with Gasteiger partial charge < -0.3 is 9.84 Å². The Labute approximate surface area is 105 Å². The molecule has 0 radical (unpaired) electrons. The molecule has 2 rings (SSSR count). The third-order valence-corrected chi connectivity index (χ3v) is 4.13. The Balaban J connectivity index is 1.96. The van der Waals surface area contributed by atoms with Crippen LogP contribution in [0.3, 0.4) is 0 Å². The maximum absolute atomic E-state index is 11.7. The van der Waals surface area contributed by atoms with Gasteiger partial charge in [-0.25, -0.2) is 12.7 Å². The second-order valence-corrected chi connectivity index (χ2v) is 6.30. The maximum Gasteiger partial charge on any atom is 0.273 e. The van der Waals surface area contributed by atoms with Crippen LogP contribution < -0.4 is 5.32 Å². The molecular formula is C10H15N3O4S. The number of carbonyl (C=O) groups excluding carboxylic acids is 1. The lowest BCUT2D eigenvalue weighted by Gasteiger charge is -2.31. The molecule has 0 aliphatic carbocycles. The molecule has 100 valence electrons. The fraction of sp³-hybridized carbons (Fsp3) is 0.600. The summed E-state index contributed by atoms with van der Waals surface area (Å²) in [5.74, 6) is -0.343. The lowest BCUT2D eigenvalue weighted by Crippen LogP contribution is -2.49. The van der Waals surface area contributed by atoms with Crippen molar-refractivity contribution in [3.63, 3.8) is 0 Å². The van der Waals surface area contributed by atoms with E-state index in [1.165, 1.54) is 22.9 Å². The molecule has 0 spiro atoms. The summed E-state index contributed by atoms with van der Waals surface area (Å²) in [4.78, 5) is 11.7. The minimum atomic E-state index is -3.20. The van der Waals surface area contributed by atoms with Crippen molar-refractivity contribution in [2.75, 3.05) is 19.3 Å². The molecule has 1 aromatic rings. The first-order valence-corrected chi connectivity index (χ1v) is 7.48. The van der Waals surface area contributed by atoms with Crippen molar-refractivity contribution in [3.8, 4) is 0 Å². The van der Waals surface area contributed by atoms with Crippen molar-refractivity contribution in [1.82, 2.24) is 14.8 Å². The SMILES string of the molecule is CS(=O)(=O)N1CCCC(NC(=O)c2ccon2)C1. The monoisotopic (exact) mass is 273 g/mol. The topological polar surface area (TPSA) is 92.5 Å². The van der Waals surface area contributed by atoms with Gasteiger partial charge in [-0.2, -0.15) is 0 Å². The largest absolute Gasteiger partial charge is 0.364 e. The normalized spacial score (nSPS) is 21.7. The summed E-state index contributed by atoms with van der Waals surface area (Å²) in [5, 5.41) is 6.29. The van der Waals surface area contributed by atoms with Crippen LogP contribution in [-0.4, -0.2) is 49.2 Å². The molecule has 1 N–H and O–H groups in total. The standard InChI is InChI=1S/C10H15N3O4S/c1-18(15,16)13-5-2-3-8(7-13)11-10(14)9-4-6-17-12-9/h4,6,8H,2-3,5,7H2,1H3,(H,11,14). The molecular weight excluding hydrogens is 258 g/mol. The van der Waals surface area contributed by atoms with Crippen LogP contribution in [0.2, 0.25) is 0 Å². The van der Waals surface area contributed by atoms with Gasteiger partial charge in [0, 0.05) is 25.2 Å². The molecule has 1 amide bonds. The van der Waals surface area contributed by atoms with Crippen LogP contribution in [0, 0.1) is 0 Å². The summed E-state index contributed by atoms with van der Waals surface area (Å²) in [6, 6.07) is 1.28. The van der Waals surface area contributed by atoms with Crippen molar-refractivity contribution >= 4 is 15.9 Å². The van der Waals surface area contributed by atoms with Crippen LogP contribution in [0.15, 0.2) is 16.9 Å². The van der Waals surface area contributed by atoms with E-state index in [1.54, 1.807) is 0 Å². The smallest absolute Gasteiger partial charge is 0.273 e. The number of nitrogens with zero attached hydrogens (tertiary/aromatic N) is 2. The summed E-state index contributed by atoms with van der Waals surface area (Å²) in [6.45, 7) is 0.817. The van der Waals surface area contributed by atoms with Gasteiger partial charge >= 0.3 is 0 Å². The van der Waals surface area contributed by atoms with E-state index in [-0.39, 0.29) is 17.6 Å². The van der Waals surface area contributed by atoms with Crippen LogP contribution in [0.25, 0.3) is 0 Å². The highest BCUT2D eigenvalue weighted by Crippen LogP contribution is 2.13. The number of sulfonamides is 1. The summed E-state index contributed by atoms with van der Waals surface area (Å²) >= 11 is 0. The molecule has 1 atom stereocenters. The van der Waals surface area contributed by atoms with Crippen LogP contribution in [0.1, 0.15) is 23.3 Å². The molecule has 1 aliphatic rings. The van der Waals surface area contributed by atoms with E-state index in [0.29, 0.717) is 13.1 Å². The van der Waals surface area contributed by atoms with Gasteiger partial charge in [0.25, 0.3) is 5.91 Å². The van der Waals surface area contributed by atoms with Gasteiger partial charge in [0.1, 0.15) is 6.26 Å². The zero-order valence-electron chi connectivity index (χ0n) is 10.00. The molecule has 1 aliphatic heterocycles. The summed E-state index contributed by atoms with van der Waals surface area (Å²) in [7, 11) is -3.20. The number of carbonyl (C=O) groups is 1. The minimum absolute atomic E-state index is 0.183. The predicted octanol–water partition coefficient (Wildman–Crippen LogP) is -0.172. The van der Waals surface area contributed by atoms with Crippen LogP contribution in [-0.2, 0) is 10.0 Å². The van der Waals surface area contributed by atoms with E-state index < -0.39 is 10.0 Å². The van der Waals surface area contributed by atoms with Crippen LogP contribution in [0.4, 0.5) is 0 Å². The van der Waals surface area contributed by atoms with E-state index in [4.69, 9.17) is 0 Å². The van der Waals surface area contributed by atoms with Crippen molar-refractivity contribution in [2.24, 2.45) is 0 Å². The Morgan fingerprint density at radius 3 is 3.00 bits per heavy atom. The molecule has 1 saturated heterocycles. The number of aromatic nitrogens is 1. The summed E-state index contributed by atoms with van der Waals surface area (Å²) < 4.78 is 28.8. The third-order valence-electron chi connectivity index (χ3n) is 2.86. The summed E-state index contributed by atoms with van der Waals surface area (Å²) in [5.41, 5.74) is 0.200. The first-order chi connectivity index (χ1) is 8.47. The zero-order valence-corrected chi connectivity index (χ0v) is 10.8.